The van der Waals surface area contributed by atoms with Gasteiger partial charge in [-0.15, -0.1) is 0 Å². The molecular formula is C10H21N3O2. The molecule has 4 N–H and O–H groups in total. The standard InChI is InChI=1S/C10H21N3O2/c1-2-15-8-4-3-5-13(6-8)7-9(11)10(12)14/h8-9H,2-7,11H2,1H3,(H2,12,14). The zero-order chi connectivity index (χ0) is 11.3. The average Bonchev–Trinajstić information content (AvgIpc) is 2.18. The van der Waals surface area contributed by atoms with Crippen LogP contribution in [0, 0.1) is 0 Å². The molecule has 0 radical (unpaired) electrons. The molecule has 5 nitrogen and oxygen atoms in total. The van der Waals surface area contributed by atoms with E-state index in [-0.39, 0.29) is 6.10 Å². The summed E-state index contributed by atoms with van der Waals surface area (Å²) in [7, 11) is 0. The fraction of sp³-hybridized carbons (Fsp3) is 0.900. The summed E-state index contributed by atoms with van der Waals surface area (Å²) in [4.78, 5) is 13.0. The van der Waals surface area contributed by atoms with E-state index in [2.05, 4.69) is 4.90 Å². The van der Waals surface area contributed by atoms with Crippen LogP contribution in [0.1, 0.15) is 19.8 Å². The van der Waals surface area contributed by atoms with Crippen molar-refractivity contribution in [2.24, 2.45) is 11.5 Å². The van der Waals surface area contributed by atoms with Crippen molar-refractivity contribution in [3.63, 3.8) is 0 Å². The van der Waals surface area contributed by atoms with Crippen LogP contribution < -0.4 is 11.5 Å². The van der Waals surface area contributed by atoms with Gasteiger partial charge in [0.05, 0.1) is 12.1 Å². The van der Waals surface area contributed by atoms with Crippen LogP contribution in [-0.4, -0.2) is 49.2 Å². The van der Waals surface area contributed by atoms with E-state index < -0.39 is 11.9 Å². The summed E-state index contributed by atoms with van der Waals surface area (Å²) in [6, 6.07) is -0.564. The number of hydrogen-bond donors (Lipinski definition) is 2. The second-order valence-electron chi connectivity index (χ2n) is 3.99. The SMILES string of the molecule is CCOC1CCCN(CC(N)C(N)=O)C1. The summed E-state index contributed by atoms with van der Waals surface area (Å²) in [6.45, 7) is 5.10. The first kappa shape index (κ1) is 12.4. The van der Waals surface area contributed by atoms with Crippen LogP contribution in [0.3, 0.4) is 0 Å². The molecule has 1 aliphatic heterocycles. The lowest BCUT2D eigenvalue weighted by Gasteiger charge is -2.33. The van der Waals surface area contributed by atoms with Crippen molar-refractivity contribution in [2.75, 3.05) is 26.2 Å². The molecule has 1 amide bonds. The van der Waals surface area contributed by atoms with Crippen LogP contribution in [-0.2, 0) is 9.53 Å². The van der Waals surface area contributed by atoms with Crippen LogP contribution >= 0.6 is 0 Å². The minimum atomic E-state index is -0.564. The lowest BCUT2D eigenvalue weighted by atomic mass is 10.1. The first-order chi connectivity index (χ1) is 7.13. The van der Waals surface area contributed by atoms with E-state index in [0.29, 0.717) is 6.54 Å². The molecule has 88 valence electrons. The smallest absolute Gasteiger partial charge is 0.235 e. The predicted molar refractivity (Wildman–Crippen MR) is 58.3 cm³/mol. The monoisotopic (exact) mass is 215 g/mol. The summed E-state index contributed by atoms with van der Waals surface area (Å²) < 4.78 is 5.56. The van der Waals surface area contributed by atoms with Gasteiger partial charge in [-0.25, -0.2) is 0 Å². The van der Waals surface area contributed by atoms with Crippen LogP contribution in [0.25, 0.3) is 0 Å². The van der Waals surface area contributed by atoms with E-state index in [4.69, 9.17) is 16.2 Å². The first-order valence-corrected chi connectivity index (χ1v) is 5.52. The second-order valence-corrected chi connectivity index (χ2v) is 3.99. The van der Waals surface area contributed by atoms with Crippen LogP contribution in [0.4, 0.5) is 0 Å². The van der Waals surface area contributed by atoms with E-state index in [1.807, 2.05) is 6.92 Å². The van der Waals surface area contributed by atoms with Crippen molar-refractivity contribution in [1.29, 1.82) is 0 Å². The predicted octanol–water partition coefficient (Wildman–Crippen LogP) is -0.700. The number of likely N-dealkylation sites (tertiary alicyclic amines) is 1. The van der Waals surface area contributed by atoms with Gasteiger partial charge in [0.1, 0.15) is 0 Å². The van der Waals surface area contributed by atoms with Crippen molar-refractivity contribution in [3.8, 4) is 0 Å². The van der Waals surface area contributed by atoms with Crippen molar-refractivity contribution in [3.05, 3.63) is 0 Å². The fourth-order valence-electron chi connectivity index (χ4n) is 1.92. The molecule has 0 aliphatic carbocycles. The Morgan fingerprint density at radius 3 is 3.00 bits per heavy atom. The van der Waals surface area contributed by atoms with Crippen molar-refractivity contribution in [2.45, 2.75) is 31.9 Å². The molecule has 5 heteroatoms. The molecule has 0 spiro atoms. The maximum atomic E-state index is 10.8. The quantitative estimate of drug-likeness (QED) is 0.635. The number of rotatable bonds is 5. The lowest BCUT2D eigenvalue weighted by Crippen LogP contribution is -2.50. The van der Waals surface area contributed by atoms with Gasteiger partial charge in [0.15, 0.2) is 0 Å². The van der Waals surface area contributed by atoms with Crippen LogP contribution in [0.15, 0.2) is 0 Å². The summed E-state index contributed by atoms with van der Waals surface area (Å²) in [5.74, 6) is -0.437. The molecule has 0 bridgehead atoms. The number of amides is 1. The molecule has 0 saturated carbocycles. The van der Waals surface area contributed by atoms with Crippen LogP contribution in [0.5, 0.6) is 0 Å². The van der Waals surface area contributed by atoms with Gasteiger partial charge in [0.2, 0.25) is 5.91 Å². The molecule has 15 heavy (non-hydrogen) atoms. The van der Waals surface area contributed by atoms with Crippen LogP contribution in [0.2, 0.25) is 0 Å². The normalized spacial score (nSPS) is 25.1. The molecule has 1 aliphatic rings. The molecule has 2 atom stereocenters. The number of hydrogen-bond acceptors (Lipinski definition) is 4. The van der Waals surface area contributed by atoms with E-state index >= 15 is 0 Å². The van der Waals surface area contributed by atoms with Gasteiger partial charge in [-0.1, -0.05) is 0 Å². The van der Waals surface area contributed by atoms with Gasteiger partial charge in [0.25, 0.3) is 0 Å². The van der Waals surface area contributed by atoms with Crippen molar-refractivity contribution in [1.82, 2.24) is 4.90 Å². The van der Waals surface area contributed by atoms with Gasteiger partial charge in [0, 0.05) is 19.7 Å². The zero-order valence-electron chi connectivity index (χ0n) is 9.32. The third-order valence-corrected chi connectivity index (χ3v) is 2.68. The van der Waals surface area contributed by atoms with E-state index in [9.17, 15) is 4.79 Å². The van der Waals surface area contributed by atoms with Crippen molar-refractivity contribution >= 4 is 5.91 Å². The minimum Gasteiger partial charge on any atom is -0.377 e. The Balaban J connectivity index is 2.32. The van der Waals surface area contributed by atoms with Crippen molar-refractivity contribution < 1.29 is 9.53 Å². The van der Waals surface area contributed by atoms with Gasteiger partial charge >= 0.3 is 0 Å². The third-order valence-electron chi connectivity index (χ3n) is 2.68. The highest BCUT2D eigenvalue weighted by molar-refractivity contribution is 5.79. The topological polar surface area (TPSA) is 81.6 Å². The number of carbonyl (C=O) groups is 1. The molecule has 1 heterocycles. The highest BCUT2D eigenvalue weighted by atomic mass is 16.5. The highest BCUT2D eigenvalue weighted by Crippen LogP contribution is 2.12. The molecule has 1 fully saturated rings. The Kier molecular flexibility index (Phi) is 5.01. The first-order valence-electron chi connectivity index (χ1n) is 5.52. The second kappa shape index (κ2) is 6.05. The number of nitrogens with two attached hydrogens (primary N) is 2. The maximum Gasteiger partial charge on any atom is 0.235 e. The average molecular weight is 215 g/mol. The van der Waals surface area contributed by atoms with E-state index in [0.717, 1.165) is 32.5 Å². The van der Waals surface area contributed by atoms with Gasteiger partial charge < -0.3 is 16.2 Å². The number of carbonyl (C=O) groups excluding carboxylic acids is 1. The van der Waals surface area contributed by atoms with E-state index in [1.165, 1.54) is 0 Å². The summed E-state index contributed by atoms with van der Waals surface area (Å²) >= 11 is 0. The Labute approximate surface area is 90.7 Å². The molecule has 2 unspecified atom stereocenters. The lowest BCUT2D eigenvalue weighted by molar-refractivity contribution is -0.119. The fourth-order valence-corrected chi connectivity index (χ4v) is 1.92. The Hall–Kier alpha value is -0.650. The third kappa shape index (κ3) is 4.15. The number of ether oxygens (including phenoxy) is 1. The Morgan fingerprint density at radius 1 is 1.67 bits per heavy atom. The number of nitrogens with zero attached hydrogens (tertiary/aromatic N) is 1. The highest BCUT2D eigenvalue weighted by Gasteiger charge is 2.22. The van der Waals surface area contributed by atoms with E-state index in [1.54, 1.807) is 0 Å². The minimum absolute atomic E-state index is 0.281. The summed E-state index contributed by atoms with van der Waals surface area (Å²) in [6.07, 6.45) is 2.47. The summed E-state index contributed by atoms with van der Waals surface area (Å²) in [5.41, 5.74) is 10.7. The van der Waals surface area contributed by atoms with Gasteiger partial charge in [-0.2, -0.15) is 0 Å². The molecule has 0 aromatic carbocycles. The largest absolute Gasteiger partial charge is 0.377 e. The molecule has 0 aromatic rings. The summed E-state index contributed by atoms with van der Waals surface area (Å²) in [5, 5.41) is 0. The molecule has 1 rings (SSSR count). The maximum absolute atomic E-state index is 10.8. The van der Waals surface area contributed by atoms with Gasteiger partial charge in [-0.3, -0.25) is 9.69 Å². The molecular weight excluding hydrogens is 194 g/mol. The zero-order valence-corrected chi connectivity index (χ0v) is 9.32. The Morgan fingerprint density at radius 2 is 2.40 bits per heavy atom. The Bertz CT molecular complexity index is 209. The number of primary amides is 1. The van der Waals surface area contributed by atoms with Gasteiger partial charge in [-0.05, 0) is 26.3 Å². The molecule has 1 saturated heterocycles. The molecule has 0 aromatic heterocycles. The number of piperidine rings is 1.